The van der Waals surface area contributed by atoms with Crippen LogP contribution in [0.2, 0.25) is 0 Å². The fourth-order valence-corrected chi connectivity index (χ4v) is 2.49. The average molecular weight is 275 g/mol. The first-order valence-electron chi connectivity index (χ1n) is 6.40. The van der Waals surface area contributed by atoms with Crippen molar-refractivity contribution < 1.29 is 9.47 Å². The zero-order valence-corrected chi connectivity index (χ0v) is 11.5. The molecule has 0 aliphatic carbocycles. The van der Waals surface area contributed by atoms with Crippen LogP contribution in [0.4, 0.5) is 11.9 Å². The molecule has 1 atom stereocenters. The van der Waals surface area contributed by atoms with Gasteiger partial charge in [0.1, 0.15) is 0 Å². The number of ether oxygens (including phenoxy) is 2. The summed E-state index contributed by atoms with van der Waals surface area (Å²) in [7, 11) is 3.25. The van der Waals surface area contributed by atoms with Crippen molar-refractivity contribution in [3.8, 4) is 11.5 Å². The Morgan fingerprint density at radius 2 is 2.10 bits per heavy atom. The van der Waals surface area contributed by atoms with Crippen LogP contribution in [0, 0.1) is 0 Å². The summed E-state index contributed by atoms with van der Waals surface area (Å²) in [4.78, 5) is 4.17. The molecule has 20 heavy (non-hydrogen) atoms. The minimum Gasteiger partial charge on any atom is -0.493 e. The predicted octanol–water partition coefficient (Wildman–Crippen LogP) is 1.28. The lowest BCUT2D eigenvalue weighted by Gasteiger charge is -2.25. The Morgan fingerprint density at radius 1 is 1.30 bits per heavy atom. The minimum absolute atomic E-state index is 0.0934. The highest BCUT2D eigenvalue weighted by atomic mass is 16.5. The number of methoxy groups -OCH3 is 2. The molecule has 106 valence electrons. The number of nitrogens with zero attached hydrogens (tertiary/aromatic N) is 3. The second-order valence-electron chi connectivity index (χ2n) is 4.58. The normalized spacial score (nSPS) is 17.2. The molecular formula is C13H17N5O2. The number of hydrogen-bond acceptors (Lipinski definition) is 6. The van der Waals surface area contributed by atoms with Crippen LogP contribution in [0.3, 0.4) is 0 Å². The molecule has 0 saturated carbocycles. The number of hydrogen-bond donors (Lipinski definition) is 2. The molecular weight excluding hydrogens is 258 g/mol. The first kappa shape index (κ1) is 12.6. The molecule has 3 N–H and O–H groups in total. The molecule has 7 nitrogen and oxygen atoms in total. The van der Waals surface area contributed by atoms with Gasteiger partial charge in [-0.1, -0.05) is 6.07 Å². The van der Waals surface area contributed by atoms with Gasteiger partial charge in [-0.15, -0.1) is 5.10 Å². The van der Waals surface area contributed by atoms with Gasteiger partial charge in [0.05, 0.1) is 20.3 Å². The van der Waals surface area contributed by atoms with Gasteiger partial charge >= 0.3 is 0 Å². The van der Waals surface area contributed by atoms with E-state index in [4.69, 9.17) is 15.2 Å². The molecule has 0 bridgehead atoms. The zero-order valence-electron chi connectivity index (χ0n) is 11.5. The Labute approximate surface area is 116 Å². The van der Waals surface area contributed by atoms with Crippen molar-refractivity contribution in [3.63, 3.8) is 0 Å². The lowest BCUT2D eigenvalue weighted by molar-refractivity contribution is 0.353. The maximum Gasteiger partial charge on any atom is 0.241 e. The van der Waals surface area contributed by atoms with E-state index in [1.54, 1.807) is 14.2 Å². The molecule has 1 aliphatic heterocycles. The summed E-state index contributed by atoms with van der Waals surface area (Å²) in [5.74, 6) is 2.40. The van der Waals surface area contributed by atoms with E-state index >= 15 is 0 Å². The number of rotatable bonds is 3. The van der Waals surface area contributed by atoms with Gasteiger partial charge < -0.3 is 20.5 Å². The van der Waals surface area contributed by atoms with Crippen molar-refractivity contribution in [2.24, 2.45) is 0 Å². The highest BCUT2D eigenvalue weighted by Gasteiger charge is 2.24. The molecule has 0 saturated heterocycles. The van der Waals surface area contributed by atoms with Gasteiger partial charge in [-0.3, -0.25) is 0 Å². The summed E-state index contributed by atoms with van der Waals surface area (Å²) in [5, 5.41) is 7.44. The van der Waals surface area contributed by atoms with Gasteiger partial charge in [0.2, 0.25) is 11.9 Å². The van der Waals surface area contributed by atoms with Crippen LogP contribution in [0.5, 0.6) is 11.5 Å². The largest absolute Gasteiger partial charge is 0.493 e. The number of aromatic nitrogens is 3. The van der Waals surface area contributed by atoms with E-state index in [9.17, 15) is 0 Å². The van der Waals surface area contributed by atoms with Gasteiger partial charge in [0.15, 0.2) is 11.5 Å². The second kappa shape index (κ2) is 4.92. The lowest BCUT2D eigenvalue weighted by Crippen LogP contribution is -2.24. The van der Waals surface area contributed by atoms with E-state index in [1.165, 1.54) is 0 Å². The van der Waals surface area contributed by atoms with Crippen LogP contribution in [-0.4, -0.2) is 35.5 Å². The second-order valence-corrected chi connectivity index (χ2v) is 4.58. The Kier molecular flexibility index (Phi) is 3.09. The molecule has 0 fully saturated rings. The molecule has 0 spiro atoms. The van der Waals surface area contributed by atoms with E-state index in [2.05, 4.69) is 15.4 Å². The summed E-state index contributed by atoms with van der Waals surface area (Å²) in [5.41, 5.74) is 6.77. The highest BCUT2D eigenvalue weighted by Crippen LogP contribution is 2.34. The fraction of sp³-hybridized carbons (Fsp3) is 0.385. The first-order valence-corrected chi connectivity index (χ1v) is 6.40. The lowest BCUT2D eigenvalue weighted by atomic mass is 10.0. The number of nitrogens with one attached hydrogen (secondary N) is 1. The molecule has 0 radical (unpaired) electrons. The van der Waals surface area contributed by atoms with Gasteiger partial charge in [-0.25, -0.2) is 4.68 Å². The Balaban J connectivity index is 2.01. The smallest absolute Gasteiger partial charge is 0.241 e. The maximum atomic E-state index is 5.67. The third kappa shape index (κ3) is 2.01. The molecule has 1 aromatic heterocycles. The van der Waals surface area contributed by atoms with Gasteiger partial charge in [-0.2, -0.15) is 4.98 Å². The number of nitrogens with two attached hydrogens (primary N) is 1. The zero-order chi connectivity index (χ0) is 14.1. The van der Waals surface area contributed by atoms with Gasteiger partial charge in [-0.05, 0) is 24.1 Å². The number of benzene rings is 1. The summed E-state index contributed by atoms with van der Waals surface area (Å²) >= 11 is 0. The number of anilines is 2. The summed E-state index contributed by atoms with van der Waals surface area (Å²) in [6, 6.07) is 5.97. The predicted molar refractivity (Wildman–Crippen MR) is 75.2 cm³/mol. The maximum absolute atomic E-state index is 5.67. The van der Waals surface area contributed by atoms with Crippen molar-refractivity contribution in [3.05, 3.63) is 23.8 Å². The van der Waals surface area contributed by atoms with Crippen LogP contribution in [-0.2, 0) is 0 Å². The molecule has 1 unspecified atom stereocenters. The molecule has 0 amide bonds. The summed E-state index contributed by atoms with van der Waals surface area (Å²) < 4.78 is 12.4. The monoisotopic (exact) mass is 275 g/mol. The van der Waals surface area contributed by atoms with Gasteiger partial charge in [0, 0.05) is 6.54 Å². The SMILES string of the molecule is COc1ccc(C2CCNc3nc(N)nn32)cc1OC. The molecule has 1 aromatic carbocycles. The van der Waals surface area contributed by atoms with Crippen molar-refractivity contribution in [1.29, 1.82) is 0 Å². The highest BCUT2D eigenvalue weighted by molar-refractivity contribution is 5.45. The van der Waals surface area contributed by atoms with Crippen molar-refractivity contribution in [2.45, 2.75) is 12.5 Å². The van der Waals surface area contributed by atoms with Crippen LogP contribution in [0.15, 0.2) is 18.2 Å². The number of nitrogen functional groups attached to an aromatic ring is 1. The molecule has 7 heteroatoms. The van der Waals surface area contributed by atoms with E-state index in [0.717, 1.165) is 18.5 Å². The van der Waals surface area contributed by atoms with Crippen molar-refractivity contribution >= 4 is 11.9 Å². The Morgan fingerprint density at radius 3 is 2.85 bits per heavy atom. The molecule has 1 aliphatic rings. The minimum atomic E-state index is 0.0934. The Bertz CT molecular complexity index is 625. The quantitative estimate of drug-likeness (QED) is 0.877. The topological polar surface area (TPSA) is 87.2 Å². The molecule has 3 rings (SSSR count). The van der Waals surface area contributed by atoms with Crippen LogP contribution >= 0.6 is 0 Å². The van der Waals surface area contributed by atoms with E-state index in [1.807, 2.05) is 22.9 Å². The first-order chi connectivity index (χ1) is 9.72. The third-order valence-corrected chi connectivity index (χ3v) is 3.44. The Hall–Kier alpha value is -2.44. The number of fused-ring (bicyclic) bond motifs is 1. The third-order valence-electron chi connectivity index (χ3n) is 3.44. The van der Waals surface area contributed by atoms with E-state index in [-0.39, 0.29) is 12.0 Å². The molecule has 2 aromatic rings. The van der Waals surface area contributed by atoms with Crippen molar-refractivity contribution in [2.75, 3.05) is 31.8 Å². The average Bonchev–Trinajstić information content (AvgIpc) is 2.86. The van der Waals surface area contributed by atoms with Gasteiger partial charge in [0.25, 0.3) is 0 Å². The summed E-state index contributed by atoms with van der Waals surface area (Å²) in [6.07, 6.45) is 0.908. The summed E-state index contributed by atoms with van der Waals surface area (Å²) in [6.45, 7) is 0.831. The van der Waals surface area contributed by atoms with E-state index < -0.39 is 0 Å². The standard InChI is InChI=1S/C13H17N5O2/c1-19-10-4-3-8(7-11(10)20-2)9-5-6-15-13-16-12(14)17-18(9)13/h3-4,7,9H,5-6H2,1-2H3,(H3,14,15,16,17). The molecule has 2 heterocycles. The van der Waals surface area contributed by atoms with Crippen molar-refractivity contribution in [1.82, 2.24) is 14.8 Å². The van der Waals surface area contributed by atoms with Crippen LogP contribution in [0.25, 0.3) is 0 Å². The fourth-order valence-electron chi connectivity index (χ4n) is 2.49. The van der Waals surface area contributed by atoms with E-state index in [0.29, 0.717) is 17.4 Å². The van der Waals surface area contributed by atoms with Crippen LogP contribution in [0.1, 0.15) is 18.0 Å². The van der Waals surface area contributed by atoms with Crippen LogP contribution < -0.4 is 20.5 Å².